The summed E-state index contributed by atoms with van der Waals surface area (Å²) in [4.78, 5) is 8.75. The molecule has 7 nitrogen and oxygen atoms in total. The number of anilines is 2. The van der Waals surface area contributed by atoms with Gasteiger partial charge in [0.05, 0.1) is 0 Å². The maximum Gasteiger partial charge on any atom is 0.185 e. The maximum absolute atomic E-state index is 4.67. The Hall–Kier alpha value is -2.22. The molecule has 1 aliphatic heterocycles. The zero-order chi connectivity index (χ0) is 15.8. The second-order valence-corrected chi connectivity index (χ2v) is 6.86. The topological polar surface area (TPSA) is 62.5 Å². The van der Waals surface area contributed by atoms with Crippen molar-refractivity contribution < 1.29 is 0 Å². The highest BCUT2D eigenvalue weighted by molar-refractivity contribution is 7.13. The van der Waals surface area contributed by atoms with Crippen molar-refractivity contribution in [3.8, 4) is 0 Å². The molecule has 0 atom stereocenters. The van der Waals surface area contributed by atoms with Gasteiger partial charge in [-0.05, 0) is 25.0 Å². The zero-order valence-corrected chi connectivity index (χ0v) is 14.1. The maximum atomic E-state index is 4.67. The second-order valence-electron chi connectivity index (χ2n) is 5.99. The molecule has 23 heavy (non-hydrogen) atoms. The van der Waals surface area contributed by atoms with Gasteiger partial charge in [-0.15, -0.1) is 26.6 Å². The summed E-state index contributed by atoms with van der Waals surface area (Å²) in [6.45, 7) is 2.00. The van der Waals surface area contributed by atoms with Crippen LogP contribution in [0.5, 0.6) is 0 Å². The molecule has 8 heteroatoms. The summed E-state index contributed by atoms with van der Waals surface area (Å²) in [7, 11) is 3.98. The van der Waals surface area contributed by atoms with Crippen molar-refractivity contribution in [3.63, 3.8) is 0 Å². The molecule has 1 saturated heterocycles. The average molecular weight is 329 g/mol. The van der Waals surface area contributed by atoms with E-state index in [-0.39, 0.29) is 0 Å². The Morgan fingerprint density at radius 2 is 2.00 bits per heavy atom. The number of thiazole rings is 1. The fraction of sp³-hybridized carbons (Fsp3) is 0.467. The Bertz CT molecular complexity index is 787. The smallest absolute Gasteiger partial charge is 0.185 e. The summed E-state index contributed by atoms with van der Waals surface area (Å²) in [6.07, 6.45) is 3.97. The average Bonchev–Trinajstić information content (AvgIpc) is 3.24. The van der Waals surface area contributed by atoms with Crippen LogP contribution in [0.2, 0.25) is 0 Å². The van der Waals surface area contributed by atoms with Gasteiger partial charge in [0.25, 0.3) is 0 Å². The Kier molecular flexibility index (Phi) is 3.60. The highest BCUT2D eigenvalue weighted by atomic mass is 32.1. The van der Waals surface area contributed by atoms with Crippen LogP contribution in [0.1, 0.15) is 24.6 Å². The van der Waals surface area contributed by atoms with Gasteiger partial charge in [0.15, 0.2) is 16.6 Å². The number of rotatable bonds is 3. The van der Waals surface area contributed by atoms with Gasteiger partial charge in [-0.2, -0.15) is 4.52 Å². The lowest BCUT2D eigenvalue weighted by Crippen LogP contribution is -2.33. The summed E-state index contributed by atoms with van der Waals surface area (Å²) in [5, 5.41) is 16.5. The highest BCUT2D eigenvalue weighted by Crippen LogP contribution is 2.30. The number of piperidine rings is 1. The largest absolute Gasteiger partial charge is 0.361 e. The van der Waals surface area contributed by atoms with Gasteiger partial charge >= 0.3 is 0 Å². The predicted octanol–water partition coefficient (Wildman–Crippen LogP) is 2.03. The molecule has 0 radical (unpaired) electrons. The van der Waals surface area contributed by atoms with E-state index in [2.05, 4.69) is 25.2 Å². The van der Waals surface area contributed by atoms with Gasteiger partial charge in [-0.3, -0.25) is 0 Å². The fourth-order valence-electron chi connectivity index (χ4n) is 2.99. The summed E-state index contributed by atoms with van der Waals surface area (Å²) in [5.41, 5.74) is 0.813. The predicted molar refractivity (Wildman–Crippen MR) is 91.4 cm³/mol. The summed E-state index contributed by atoms with van der Waals surface area (Å²) in [6, 6.07) is 3.95. The SMILES string of the molecule is CN(C)c1ccc2nnc(C3CCN(c4nccs4)CC3)n2n1. The minimum Gasteiger partial charge on any atom is -0.361 e. The molecular weight excluding hydrogens is 310 g/mol. The van der Waals surface area contributed by atoms with Gasteiger partial charge < -0.3 is 9.80 Å². The van der Waals surface area contributed by atoms with Crippen molar-refractivity contribution >= 4 is 27.9 Å². The van der Waals surface area contributed by atoms with Gasteiger partial charge in [-0.25, -0.2) is 4.98 Å². The second kappa shape index (κ2) is 5.77. The number of nitrogens with zero attached hydrogens (tertiary/aromatic N) is 7. The molecule has 4 heterocycles. The molecule has 1 fully saturated rings. The number of fused-ring (bicyclic) bond motifs is 1. The Morgan fingerprint density at radius 1 is 1.17 bits per heavy atom. The molecule has 3 aromatic heterocycles. The van der Waals surface area contributed by atoms with Crippen LogP contribution in [0.3, 0.4) is 0 Å². The van der Waals surface area contributed by atoms with E-state index in [0.717, 1.165) is 48.4 Å². The first-order chi connectivity index (χ1) is 11.2. The molecule has 0 unspecified atom stereocenters. The lowest BCUT2D eigenvalue weighted by molar-refractivity contribution is 0.477. The first kappa shape index (κ1) is 14.4. The van der Waals surface area contributed by atoms with Gasteiger partial charge in [0, 0.05) is 44.7 Å². The van der Waals surface area contributed by atoms with Crippen LogP contribution in [0, 0.1) is 0 Å². The minimum atomic E-state index is 0.395. The van der Waals surface area contributed by atoms with Crippen LogP contribution in [0.4, 0.5) is 10.9 Å². The molecular formula is C15H19N7S. The van der Waals surface area contributed by atoms with E-state index in [0.29, 0.717) is 5.92 Å². The third-order valence-electron chi connectivity index (χ3n) is 4.28. The van der Waals surface area contributed by atoms with Crippen LogP contribution in [-0.4, -0.2) is 52.0 Å². The molecule has 0 N–H and O–H groups in total. The lowest BCUT2D eigenvalue weighted by Gasteiger charge is -2.30. The van der Waals surface area contributed by atoms with Crippen molar-refractivity contribution in [2.24, 2.45) is 0 Å². The van der Waals surface area contributed by atoms with Gasteiger partial charge in [-0.1, -0.05) is 0 Å². The van der Waals surface area contributed by atoms with E-state index in [1.54, 1.807) is 11.3 Å². The molecule has 0 aromatic carbocycles. The van der Waals surface area contributed by atoms with Crippen molar-refractivity contribution in [2.75, 3.05) is 37.0 Å². The van der Waals surface area contributed by atoms with E-state index in [4.69, 9.17) is 0 Å². The molecule has 0 aliphatic carbocycles. The third kappa shape index (κ3) is 2.63. The fourth-order valence-corrected chi connectivity index (χ4v) is 3.69. The Balaban J connectivity index is 1.57. The van der Waals surface area contributed by atoms with Crippen LogP contribution < -0.4 is 9.80 Å². The molecule has 3 aromatic rings. The van der Waals surface area contributed by atoms with E-state index in [1.807, 2.05) is 47.2 Å². The molecule has 1 aliphatic rings. The van der Waals surface area contributed by atoms with E-state index >= 15 is 0 Å². The minimum absolute atomic E-state index is 0.395. The van der Waals surface area contributed by atoms with Crippen LogP contribution in [0.15, 0.2) is 23.7 Å². The van der Waals surface area contributed by atoms with E-state index < -0.39 is 0 Å². The molecule has 120 valence electrons. The number of aromatic nitrogens is 5. The van der Waals surface area contributed by atoms with Gasteiger partial charge in [0.1, 0.15) is 5.82 Å². The quantitative estimate of drug-likeness (QED) is 0.733. The number of hydrogen-bond acceptors (Lipinski definition) is 7. The Labute approximate surface area is 138 Å². The monoisotopic (exact) mass is 329 g/mol. The summed E-state index contributed by atoms with van der Waals surface area (Å²) in [5.74, 6) is 2.28. The standard InChI is InChI=1S/C15H19N7S/c1-20(2)13-4-3-12-17-18-14(22(12)19-13)11-5-8-21(9-6-11)15-16-7-10-23-15/h3-4,7,10-11H,5-6,8-9H2,1-2H3. The number of hydrogen-bond donors (Lipinski definition) is 0. The first-order valence-corrected chi connectivity index (χ1v) is 8.64. The summed E-state index contributed by atoms with van der Waals surface area (Å²) >= 11 is 1.70. The van der Waals surface area contributed by atoms with Gasteiger partial charge in [0.2, 0.25) is 0 Å². The first-order valence-electron chi connectivity index (χ1n) is 7.76. The highest BCUT2D eigenvalue weighted by Gasteiger charge is 2.26. The molecule has 0 spiro atoms. The zero-order valence-electron chi connectivity index (χ0n) is 13.3. The van der Waals surface area contributed by atoms with Crippen LogP contribution in [-0.2, 0) is 0 Å². The van der Waals surface area contributed by atoms with Crippen LogP contribution >= 0.6 is 11.3 Å². The molecule has 0 amide bonds. The van der Waals surface area contributed by atoms with Crippen molar-refractivity contribution in [1.82, 2.24) is 24.8 Å². The summed E-state index contributed by atoms with van der Waals surface area (Å²) < 4.78 is 1.90. The lowest BCUT2D eigenvalue weighted by atomic mass is 9.96. The molecule has 0 bridgehead atoms. The normalized spacial score (nSPS) is 16.2. The van der Waals surface area contributed by atoms with Crippen molar-refractivity contribution in [3.05, 3.63) is 29.5 Å². The molecule has 0 saturated carbocycles. The van der Waals surface area contributed by atoms with Crippen molar-refractivity contribution in [2.45, 2.75) is 18.8 Å². The van der Waals surface area contributed by atoms with Crippen LogP contribution in [0.25, 0.3) is 5.65 Å². The third-order valence-corrected chi connectivity index (χ3v) is 5.11. The molecule has 4 rings (SSSR count). The van der Waals surface area contributed by atoms with E-state index in [1.165, 1.54) is 0 Å². The Morgan fingerprint density at radius 3 is 2.70 bits per heavy atom. The van der Waals surface area contributed by atoms with Crippen molar-refractivity contribution in [1.29, 1.82) is 0 Å². The van der Waals surface area contributed by atoms with E-state index in [9.17, 15) is 0 Å².